The van der Waals surface area contributed by atoms with Gasteiger partial charge < -0.3 is 4.90 Å². The number of benzene rings is 1. The van der Waals surface area contributed by atoms with E-state index in [4.69, 9.17) is 12.2 Å². The fourth-order valence-corrected chi connectivity index (χ4v) is 1.87. The van der Waals surface area contributed by atoms with Crippen molar-refractivity contribution < 1.29 is 0 Å². The second-order valence-corrected chi connectivity index (χ2v) is 3.85. The maximum absolute atomic E-state index is 5.16. The molecule has 0 unspecified atom stereocenters. The van der Waals surface area contributed by atoms with Crippen LogP contribution in [-0.4, -0.2) is 21.8 Å². The second-order valence-electron chi connectivity index (χ2n) is 3.47. The number of nitrogens with one attached hydrogen (secondary N) is 1. The molecule has 0 spiro atoms. The number of rotatable bonds is 3. The fourth-order valence-electron chi connectivity index (χ4n) is 1.62. The number of anilines is 2. The molecule has 2 aromatic rings. The van der Waals surface area contributed by atoms with Crippen LogP contribution in [0.5, 0.6) is 0 Å². The molecule has 1 aromatic heterocycles. The molecule has 0 aliphatic heterocycles. The Hall–Kier alpha value is -1.62. The van der Waals surface area contributed by atoms with Gasteiger partial charge in [0.1, 0.15) is 0 Å². The lowest BCUT2D eigenvalue weighted by Crippen LogP contribution is -2.15. The van der Waals surface area contributed by atoms with Crippen molar-refractivity contribution in [2.75, 3.05) is 11.9 Å². The summed E-state index contributed by atoms with van der Waals surface area (Å²) in [5, 5.41) is 7.05. The summed E-state index contributed by atoms with van der Waals surface area (Å²) in [6, 6.07) is 10.1. The zero-order chi connectivity index (χ0) is 11.5. The third-order valence-corrected chi connectivity index (χ3v) is 2.81. The van der Waals surface area contributed by atoms with Crippen LogP contribution in [0.4, 0.5) is 11.6 Å². The summed E-state index contributed by atoms with van der Waals surface area (Å²) in [7, 11) is 1.98. The lowest BCUT2D eigenvalue weighted by atomic mass is 10.3. The molecule has 0 saturated heterocycles. The Balaban J connectivity index is 2.42. The molecular formula is C11H14N4S. The topological polar surface area (TPSA) is 36.9 Å². The van der Waals surface area contributed by atoms with E-state index in [1.807, 2.05) is 53.8 Å². The fraction of sp³-hybridized carbons (Fsp3) is 0.273. The highest BCUT2D eigenvalue weighted by atomic mass is 32.1. The summed E-state index contributed by atoms with van der Waals surface area (Å²) in [6.45, 7) is 2.86. The van der Waals surface area contributed by atoms with Gasteiger partial charge in [0.25, 0.3) is 0 Å². The van der Waals surface area contributed by atoms with Crippen molar-refractivity contribution in [3.05, 3.63) is 35.1 Å². The summed E-state index contributed by atoms with van der Waals surface area (Å²) in [6.07, 6.45) is 0. The first-order valence-corrected chi connectivity index (χ1v) is 5.59. The average Bonchev–Trinajstić information content (AvgIpc) is 2.70. The molecule has 0 saturated carbocycles. The Kier molecular flexibility index (Phi) is 3.05. The molecule has 2 rings (SSSR count). The monoisotopic (exact) mass is 234 g/mol. The van der Waals surface area contributed by atoms with Crippen molar-refractivity contribution in [1.82, 2.24) is 14.8 Å². The van der Waals surface area contributed by atoms with E-state index in [2.05, 4.69) is 10.2 Å². The predicted molar refractivity (Wildman–Crippen MR) is 67.6 cm³/mol. The molecule has 0 radical (unpaired) electrons. The van der Waals surface area contributed by atoms with E-state index < -0.39 is 0 Å². The minimum absolute atomic E-state index is 0.653. The van der Waals surface area contributed by atoms with Crippen molar-refractivity contribution in [1.29, 1.82) is 0 Å². The highest BCUT2D eigenvalue weighted by molar-refractivity contribution is 7.71. The Labute approximate surface area is 99.5 Å². The van der Waals surface area contributed by atoms with Gasteiger partial charge in [-0.3, -0.25) is 4.57 Å². The van der Waals surface area contributed by atoms with Crippen LogP contribution in [0.2, 0.25) is 0 Å². The average molecular weight is 234 g/mol. The number of aromatic nitrogens is 3. The molecule has 0 amide bonds. The molecule has 0 fully saturated rings. The van der Waals surface area contributed by atoms with Gasteiger partial charge in [-0.15, -0.1) is 5.10 Å². The maximum Gasteiger partial charge on any atom is 0.229 e. The van der Waals surface area contributed by atoms with E-state index in [9.17, 15) is 0 Å². The number of para-hydroxylation sites is 1. The smallest absolute Gasteiger partial charge is 0.229 e. The van der Waals surface area contributed by atoms with Crippen LogP contribution in [-0.2, 0) is 6.54 Å². The van der Waals surface area contributed by atoms with Crippen LogP contribution in [0.15, 0.2) is 30.3 Å². The number of nitrogens with zero attached hydrogens (tertiary/aromatic N) is 3. The normalized spacial score (nSPS) is 10.4. The predicted octanol–water partition coefficient (Wildman–Crippen LogP) is 2.73. The molecule has 4 nitrogen and oxygen atoms in total. The van der Waals surface area contributed by atoms with E-state index in [1.165, 1.54) is 0 Å². The SMILES string of the molecule is CCn1c(N(C)c2ccccc2)n[nH]c1=S. The van der Waals surface area contributed by atoms with E-state index >= 15 is 0 Å². The van der Waals surface area contributed by atoms with Gasteiger partial charge in [-0.1, -0.05) is 18.2 Å². The molecule has 0 aliphatic rings. The largest absolute Gasteiger partial charge is 0.314 e. The lowest BCUT2D eigenvalue weighted by Gasteiger charge is -2.18. The van der Waals surface area contributed by atoms with Crippen LogP contribution in [0.3, 0.4) is 0 Å². The van der Waals surface area contributed by atoms with Crippen LogP contribution in [0.1, 0.15) is 6.92 Å². The van der Waals surface area contributed by atoms with E-state index in [1.54, 1.807) is 0 Å². The molecule has 5 heteroatoms. The first-order chi connectivity index (χ1) is 7.74. The van der Waals surface area contributed by atoms with Crippen LogP contribution in [0, 0.1) is 4.77 Å². The molecule has 1 aromatic carbocycles. The maximum atomic E-state index is 5.16. The van der Waals surface area contributed by atoms with Gasteiger partial charge >= 0.3 is 0 Å². The highest BCUT2D eigenvalue weighted by Crippen LogP contribution is 2.20. The summed E-state index contributed by atoms with van der Waals surface area (Å²) < 4.78 is 2.61. The van der Waals surface area contributed by atoms with E-state index in [0.717, 1.165) is 18.2 Å². The Morgan fingerprint density at radius 3 is 2.69 bits per heavy atom. The first kappa shape index (κ1) is 10.9. The first-order valence-electron chi connectivity index (χ1n) is 5.18. The number of hydrogen-bond acceptors (Lipinski definition) is 3. The van der Waals surface area contributed by atoms with Crippen molar-refractivity contribution in [3.63, 3.8) is 0 Å². The third kappa shape index (κ3) is 1.86. The molecule has 0 atom stereocenters. The van der Waals surface area contributed by atoms with Crippen molar-refractivity contribution in [3.8, 4) is 0 Å². The number of aromatic amines is 1. The van der Waals surface area contributed by atoms with E-state index in [0.29, 0.717) is 4.77 Å². The Morgan fingerprint density at radius 2 is 2.06 bits per heavy atom. The van der Waals surface area contributed by atoms with Crippen molar-refractivity contribution in [2.24, 2.45) is 0 Å². The van der Waals surface area contributed by atoms with Gasteiger partial charge in [0.05, 0.1) is 0 Å². The zero-order valence-corrected chi connectivity index (χ0v) is 10.2. The molecule has 1 N–H and O–H groups in total. The van der Waals surface area contributed by atoms with Gasteiger partial charge in [-0.2, -0.15) is 0 Å². The van der Waals surface area contributed by atoms with Crippen molar-refractivity contribution >= 4 is 23.9 Å². The summed E-state index contributed by atoms with van der Waals surface area (Å²) in [4.78, 5) is 2.01. The van der Waals surface area contributed by atoms with E-state index in [-0.39, 0.29) is 0 Å². The van der Waals surface area contributed by atoms with Crippen LogP contribution in [0.25, 0.3) is 0 Å². The Morgan fingerprint density at radius 1 is 1.38 bits per heavy atom. The van der Waals surface area contributed by atoms with Gasteiger partial charge in [0.15, 0.2) is 4.77 Å². The van der Waals surface area contributed by atoms with Gasteiger partial charge in [-0.05, 0) is 31.3 Å². The molecule has 1 heterocycles. The van der Waals surface area contributed by atoms with Gasteiger partial charge in [0, 0.05) is 19.3 Å². The lowest BCUT2D eigenvalue weighted by molar-refractivity contribution is 0.742. The quantitative estimate of drug-likeness (QED) is 0.830. The highest BCUT2D eigenvalue weighted by Gasteiger charge is 2.10. The van der Waals surface area contributed by atoms with Gasteiger partial charge in [-0.25, -0.2) is 5.10 Å². The summed E-state index contributed by atoms with van der Waals surface area (Å²) in [5.41, 5.74) is 1.09. The minimum Gasteiger partial charge on any atom is -0.314 e. The third-order valence-electron chi connectivity index (χ3n) is 2.50. The zero-order valence-electron chi connectivity index (χ0n) is 9.34. The molecule has 0 bridgehead atoms. The number of hydrogen-bond donors (Lipinski definition) is 1. The minimum atomic E-state index is 0.653. The van der Waals surface area contributed by atoms with Crippen LogP contribution >= 0.6 is 12.2 Å². The summed E-state index contributed by atoms with van der Waals surface area (Å²) >= 11 is 5.16. The second kappa shape index (κ2) is 4.49. The Bertz CT molecular complexity index is 514. The van der Waals surface area contributed by atoms with Crippen molar-refractivity contribution in [2.45, 2.75) is 13.5 Å². The molecular weight excluding hydrogens is 220 g/mol. The molecule has 84 valence electrons. The molecule has 16 heavy (non-hydrogen) atoms. The standard InChI is InChI=1S/C11H14N4S/c1-3-15-10(12-13-11(15)16)14(2)9-7-5-4-6-8-9/h4-8H,3H2,1-2H3,(H,13,16). The molecule has 0 aliphatic carbocycles. The van der Waals surface area contributed by atoms with Crippen LogP contribution < -0.4 is 4.90 Å². The number of H-pyrrole nitrogens is 1. The summed E-state index contributed by atoms with van der Waals surface area (Å²) in [5.74, 6) is 0.832. The van der Waals surface area contributed by atoms with Gasteiger partial charge in [0.2, 0.25) is 5.95 Å².